The predicted molar refractivity (Wildman–Crippen MR) is 83.0 cm³/mol. The Morgan fingerprint density at radius 2 is 2.29 bits per heavy atom. The predicted octanol–water partition coefficient (Wildman–Crippen LogP) is 1.72. The molecule has 0 bridgehead atoms. The van der Waals surface area contributed by atoms with Crippen molar-refractivity contribution in [1.29, 1.82) is 5.26 Å². The van der Waals surface area contributed by atoms with Gasteiger partial charge in [-0.15, -0.1) is 0 Å². The molecule has 0 aromatic heterocycles. The third-order valence-corrected chi connectivity index (χ3v) is 3.04. The lowest BCUT2D eigenvalue weighted by Gasteiger charge is -2.20. The zero-order valence-corrected chi connectivity index (χ0v) is 12.7. The smallest absolute Gasteiger partial charge is 0.238 e. The number of carbonyl (C=O) groups excluding carboxylic acids is 1. The molecule has 6 nitrogen and oxygen atoms in total. The largest absolute Gasteiger partial charge is 0.397 e. The number of hydrogen-bond acceptors (Lipinski definition) is 5. The number of rotatable bonds is 8. The fourth-order valence-electron chi connectivity index (χ4n) is 1.74. The van der Waals surface area contributed by atoms with Crippen LogP contribution in [-0.4, -0.2) is 44.2 Å². The average Bonchev–Trinajstić information content (AvgIpc) is 2.45. The second kappa shape index (κ2) is 9.19. The van der Waals surface area contributed by atoms with Crippen LogP contribution >= 0.6 is 11.6 Å². The SMILES string of the molecule is COCCN(CCC#N)CC(=O)Nc1ccc(Cl)cc1N. The Bertz CT molecular complexity index is 516. The number of benzene rings is 1. The van der Waals surface area contributed by atoms with Crippen LogP contribution in [0.3, 0.4) is 0 Å². The maximum absolute atomic E-state index is 12.0. The van der Waals surface area contributed by atoms with Gasteiger partial charge in [-0.05, 0) is 18.2 Å². The molecule has 114 valence electrons. The molecule has 3 N–H and O–H groups in total. The minimum Gasteiger partial charge on any atom is -0.397 e. The van der Waals surface area contributed by atoms with Gasteiger partial charge in [0.25, 0.3) is 0 Å². The van der Waals surface area contributed by atoms with Gasteiger partial charge in [0.1, 0.15) is 0 Å². The van der Waals surface area contributed by atoms with Gasteiger partial charge in [-0.3, -0.25) is 9.69 Å². The van der Waals surface area contributed by atoms with Crippen LogP contribution in [0.5, 0.6) is 0 Å². The van der Waals surface area contributed by atoms with Crippen LogP contribution in [0, 0.1) is 11.3 Å². The zero-order chi connectivity index (χ0) is 15.7. The molecule has 0 spiro atoms. The number of nitrogens with one attached hydrogen (secondary N) is 1. The van der Waals surface area contributed by atoms with E-state index < -0.39 is 0 Å². The Labute approximate surface area is 129 Å². The van der Waals surface area contributed by atoms with Crippen LogP contribution in [0.15, 0.2) is 18.2 Å². The number of nitriles is 1. The van der Waals surface area contributed by atoms with Crippen molar-refractivity contribution in [1.82, 2.24) is 4.90 Å². The molecule has 1 rings (SSSR count). The van der Waals surface area contributed by atoms with Gasteiger partial charge >= 0.3 is 0 Å². The highest BCUT2D eigenvalue weighted by Gasteiger charge is 2.11. The van der Waals surface area contributed by atoms with Gasteiger partial charge in [-0.1, -0.05) is 11.6 Å². The van der Waals surface area contributed by atoms with Crippen LogP contribution in [0.1, 0.15) is 6.42 Å². The summed E-state index contributed by atoms with van der Waals surface area (Å²) in [6.45, 7) is 1.78. The maximum atomic E-state index is 12.0. The van der Waals surface area contributed by atoms with Gasteiger partial charge < -0.3 is 15.8 Å². The number of anilines is 2. The van der Waals surface area contributed by atoms with E-state index >= 15 is 0 Å². The highest BCUT2D eigenvalue weighted by molar-refractivity contribution is 6.31. The van der Waals surface area contributed by atoms with Gasteiger partial charge in [0.05, 0.1) is 30.6 Å². The summed E-state index contributed by atoms with van der Waals surface area (Å²) in [5.74, 6) is -0.196. The standard InChI is InChI=1S/C14H19ClN4O2/c1-21-8-7-19(6-2-5-16)10-14(20)18-13-4-3-11(15)9-12(13)17/h3-4,9H,2,6-8,10,17H2,1H3,(H,18,20). The number of ether oxygens (including phenoxy) is 1. The monoisotopic (exact) mass is 310 g/mol. The van der Waals surface area contributed by atoms with Gasteiger partial charge in [-0.2, -0.15) is 5.26 Å². The Hall–Kier alpha value is -1.81. The molecular weight excluding hydrogens is 292 g/mol. The molecule has 0 heterocycles. The van der Waals surface area contributed by atoms with Gasteiger partial charge in [0.15, 0.2) is 0 Å². The number of nitrogen functional groups attached to an aromatic ring is 1. The molecule has 0 aliphatic carbocycles. The molecule has 21 heavy (non-hydrogen) atoms. The second-order valence-corrected chi connectivity index (χ2v) is 4.89. The van der Waals surface area contributed by atoms with Crippen molar-refractivity contribution in [3.8, 4) is 6.07 Å². The van der Waals surface area contributed by atoms with Gasteiger partial charge in [0.2, 0.25) is 5.91 Å². The molecular formula is C14H19ClN4O2. The number of halogens is 1. The van der Waals surface area contributed by atoms with Crippen molar-refractivity contribution < 1.29 is 9.53 Å². The minimum absolute atomic E-state index is 0.174. The number of amides is 1. The van der Waals surface area contributed by atoms with E-state index in [0.717, 1.165) is 0 Å². The van der Waals surface area contributed by atoms with Crippen molar-refractivity contribution in [3.05, 3.63) is 23.2 Å². The Kier molecular flexibility index (Phi) is 7.54. The molecule has 1 aromatic carbocycles. The first kappa shape index (κ1) is 17.2. The van der Waals surface area contributed by atoms with Crippen molar-refractivity contribution in [2.75, 3.05) is 44.4 Å². The first-order valence-corrected chi connectivity index (χ1v) is 6.87. The molecule has 1 amide bonds. The Morgan fingerprint density at radius 3 is 2.90 bits per heavy atom. The number of hydrogen-bond donors (Lipinski definition) is 2. The van der Waals surface area contributed by atoms with Crippen molar-refractivity contribution in [2.45, 2.75) is 6.42 Å². The number of methoxy groups -OCH3 is 1. The Morgan fingerprint density at radius 1 is 1.52 bits per heavy atom. The average molecular weight is 311 g/mol. The van der Waals surface area contributed by atoms with E-state index in [0.29, 0.717) is 42.5 Å². The lowest BCUT2D eigenvalue weighted by Crippen LogP contribution is -2.36. The molecule has 0 aliphatic rings. The Balaban J connectivity index is 2.58. The number of nitrogens with two attached hydrogens (primary N) is 1. The molecule has 0 saturated carbocycles. The third-order valence-electron chi connectivity index (χ3n) is 2.81. The quantitative estimate of drug-likeness (QED) is 0.713. The first-order chi connectivity index (χ1) is 10.1. The fourth-order valence-corrected chi connectivity index (χ4v) is 1.92. The first-order valence-electron chi connectivity index (χ1n) is 6.50. The van der Waals surface area contributed by atoms with Crippen molar-refractivity contribution >= 4 is 28.9 Å². The zero-order valence-electron chi connectivity index (χ0n) is 11.9. The topological polar surface area (TPSA) is 91.4 Å². The van der Waals surface area contributed by atoms with E-state index in [-0.39, 0.29) is 12.5 Å². The summed E-state index contributed by atoms with van der Waals surface area (Å²) >= 11 is 5.81. The lowest BCUT2D eigenvalue weighted by atomic mass is 10.2. The lowest BCUT2D eigenvalue weighted by molar-refractivity contribution is -0.117. The highest BCUT2D eigenvalue weighted by atomic mass is 35.5. The summed E-state index contributed by atoms with van der Waals surface area (Å²) in [6.07, 6.45) is 0.361. The fraction of sp³-hybridized carbons (Fsp3) is 0.429. The van der Waals surface area contributed by atoms with E-state index in [4.69, 9.17) is 27.3 Å². The molecule has 0 atom stereocenters. The third kappa shape index (κ3) is 6.45. The van der Waals surface area contributed by atoms with E-state index in [1.54, 1.807) is 25.3 Å². The normalized spacial score (nSPS) is 10.4. The van der Waals surface area contributed by atoms with Crippen LogP contribution in [0.2, 0.25) is 5.02 Å². The highest BCUT2D eigenvalue weighted by Crippen LogP contribution is 2.22. The van der Waals surface area contributed by atoms with Crippen LogP contribution in [0.25, 0.3) is 0 Å². The van der Waals surface area contributed by atoms with Crippen LogP contribution < -0.4 is 11.1 Å². The molecule has 7 heteroatoms. The summed E-state index contributed by atoms with van der Waals surface area (Å²) in [5.41, 5.74) is 6.72. The maximum Gasteiger partial charge on any atom is 0.238 e. The summed E-state index contributed by atoms with van der Waals surface area (Å²) in [4.78, 5) is 13.9. The number of nitrogens with zero attached hydrogens (tertiary/aromatic N) is 2. The van der Waals surface area contributed by atoms with Crippen molar-refractivity contribution in [2.24, 2.45) is 0 Å². The summed E-state index contributed by atoms with van der Waals surface area (Å²) in [5, 5.41) is 11.9. The van der Waals surface area contributed by atoms with E-state index in [9.17, 15) is 4.79 Å². The van der Waals surface area contributed by atoms with Gasteiger partial charge in [-0.25, -0.2) is 0 Å². The van der Waals surface area contributed by atoms with E-state index in [2.05, 4.69) is 11.4 Å². The molecule has 0 unspecified atom stereocenters. The van der Waals surface area contributed by atoms with E-state index in [1.165, 1.54) is 0 Å². The summed E-state index contributed by atoms with van der Waals surface area (Å²) in [6, 6.07) is 6.96. The van der Waals surface area contributed by atoms with Crippen molar-refractivity contribution in [3.63, 3.8) is 0 Å². The second-order valence-electron chi connectivity index (χ2n) is 4.46. The van der Waals surface area contributed by atoms with Crippen LogP contribution in [0.4, 0.5) is 11.4 Å². The van der Waals surface area contributed by atoms with Gasteiger partial charge in [0, 0.05) is 31.6 Å². The minimum atomic E-state index is -0.196. The van der Waals surface area contributed by atoms with Crippen LogP contribution in [-0.2, 0) is 9.53 Å². The summed E-state index contributed by atoms with van der Waals surface area (Å²) < 4.78 is 4.99. The molecule has 1 aromatic rings. The molecule has 0 saturated heterocycles. The van der Waals surface area contributed by atoms with E-state index in [1.807, 2.05) is 4.90 Å². The summed E-state index contributed by atoms with van der Waals surface area (Å²) in [7, 11) is 1.59. The number of carbonyl (C=O) groups is 1. The molecule has 0 radical (unpaired) electrons. The molecule has 0 fully saturated rings. The molecule has 0 aliphatic heterocycles.